The molecule has 5 aliphatic rings. The van der Waals surface area contributed by atoms with E-state index in [1.165, 1.54) is 38.5 Å². The van der Waals surface area contributed by atoms with Gasteiger partial charge in [0.05, 0.1) is 17.8 Å². The van der Waals surface area contributed by atoms with Crippen molar-refractivity contribution in [3.05, 3.63) is 0 Å². The van der Waals surface area contributed by atoms with Gasteiger partial charge in [-0.25, -0.2) is 0 Å². The first kappa shape index (κ1) is 16.1. The maximum atomic E-state index is 11.3. The topological polar surface area (TPSA) is 53.0 Å². The van der Waals surface area contributed by atoms with Crippen molar-refractivity contribution >= 4 is 0 Å². The summed E-state index contributed by atoms with van der Waals surface area (Å²) in [5.74, 6) is 1.78. The second kappa shape index (κ2) is 4.58. The van der Waals surface area contributed by atoms with Crippen LogP contribution >= 0.6 is 0 Å². The van der Waals surface area contributed by atoms with Crippen LogP contribution in [0, 0.1) is 28.6 Å². The maximum Gasteiger partial charge on any atom is 0.103 e. The molecule has 24 heavy (non-hydrogen) atoms. The Kier molecular flexibility index (Phi) is 3.07. The number of hydrogen-bond donors (Lipinski definition) is 2. The lowest BCUT2D eigenvalue weighted by molar-refractivity contribution is -0.155. The van der Waals surface area contributed by atoms with E-state index >= 15 is 0 Å². The first-order valence-corrected chi connectivity index (χ1v) is 10.4. The highest BCUT2D eigenvalue weighted by molar-refractivity contribution is 5.29. The van der Waals surface area contributed by atoms with Gasteiger partial charge in [0.2, 0.25) is 0 Å². The van der Waals surface area contributed by atoms with Crippen molar-refractivity contribution in [3.8, 4) is 0 Å². The zero-order valence-corrected chi connectivity index (χ0v) is 15.6. The maximum absolute atomic E-state index is 11.3. The summed E-state index contributed by atoms with van der Waals surface area (Å²) in [6, 6.07) is 0. The summed E-state index contributed by atoms with van der Waals surface area (Å²) in [5.41, 5.74) is -0.717. The van der Waals surface area contributed by atoms with Gasteiger partial charge in [0.15, 0.2) is 0 Å². The van der Waals surface area contributed by atoms with E-state index in [1.807, 2.05) is 6.92 Å². The van der Waals surface area contributed by atoms with Crippen LogP contribution in [0.15, 0.2) is 0 Å². The lowest BCUT2D eigenvalue weighted by Crippen LogP contribution is -2.62. The molecule has 4 saturated carbocycles. The van der Waals surface area contributed by atoms with Crippen molar-refractivity contribution in [1.29, 1.82) is 0 Å². The van der Waals surface area contributed by atoms with Crippen LogP contribution in [0.25, 0.3) is 0 Å². The Morgan fingerprint density at radius 1 is 1.04 bits per heavy atom. The Balaban J connectivity index is 1.57. The molecule has 0 radical (unpaired) electrons. The van der Waals surface area contributed by atoms with Crippen LogP contribution in [0.4, 0.5) is 0 Å². The molecule has 1 spiro atoms. The number of fused-ring (bicyclic) bond motifs is 3. The number of aliphatic hydroxyl groups is 2. The Labute approximate surface area is 146 Å². The fourth-order valence-corrected chi connectivity index (χ4v) is 8.48. The molecular formula is C21H34O3. The summed E-state index contributed by atoms with van der Waals surface area (Å²) in [7, 11) is 0. The van der Waals surface area contributed by atoms with Crippen LogP contribution in [0.3, 0.4) is 0 Å². The number of aliphatic hydroxyl groups excluding tert-OH is 1. The highest BCUT2D eigenvalue weighted by Gasteiger charge is 2.81. The summed E-state index contributed by atoms with van der Waals surface area (Å²) >= 11 is 0. The number of rotatable bonds is 1. The molecule has 5 fully saturated rings. The molecule has 3 heteroatoms. The van der Waals surface area contributed by atoms with Gasteiger partial charge in [-0.1, -0.05) is 33.6 Å². The molecule has 0 aromatic carbocycles. The summed E-state index contributed by atoms with van der Waals surface area (Å²) in [4.78, 5) is 0. The van der Waals surface area contributed by atoms with E-state index in [2.05, 4.69) is 13.8 Å². The van der Waals surface area contributed by atoms with Crippen molar-refractivity contribution in [2.45, 2.75) is 102 Å². The Bertz CT molecular complexity index is 563. The minimum atomic E-state index is -0.930. The molecule has 1 saturated heterocycles. The minimum absolute atomic E-state index is 0.0687. The fraction of sp³-hybridized carbons (Fsp3) is 1.00. The highest BCUT2D eigenvalue weighted by Crippen LogP contribution is 2.77. The second-order valence-electron chi connectivity index (χ2n) is 10.2. The molecule has 2 N–H and O–H groups in total. The average molecular weight is 334 g/mol. The van der Waals surface area contributed by atoms with Crippen molar-refractivity contribution < 1.29 is 14.9 Å². The predicted molar refractivity (Wildman–Crippen MR) is 92.5 cm³/mol. The number of epoxide rings is 1. The Morgan fingerprint density at radius 2 is 1.83 bits per heavy atom. The van der Waals surface area contributed by atoms with E-state index in [0.717, 1.165) is 18.8 Å². The van der Waals surface area contributed by atoms with Gasteiger partial charge in [0, 0.05) is 10.8 Å². The molecule has 136 valence electrons. The number of ether oxygens (including phenoxy) is 1. The summed E-state index contributed by atoms with van der Waals surface area (Å²) < 4.78 is 6.62. The van der Waals surface area contributed by atoms with Gasteiger partial charge in [-0.05, 0) is 62.7 Å². The van der Waals surface area contributed by atoms with Gasteiger partial charge < -0.3 is 14.9 Å². The lowest BCUT2D eigenvalue weighted by atomic mass is 9.44. The minimum Gasteiger partial charge on any atom is -0.390 e. The van der Waals surface area contributed by atoms with Gasteiger partial charge in [-0.2, -0.15) is 0 Å². The fourth-order valence-electron chi connectivity index (χ4n) is 8.48. The predicted octanol–water partition coefficient (Wildman–Crippen LogP) is 3.66. The van der Waals surface area contributed by atoms with Crippen LogP contribution in [0.2, 0.25) is 0 Å². The van der Waals surface area contributed by atoms with Crippen LogP contribution in [0.5, 0.6) is 0 Å². The zero-order valence-electron chi connectivity index (χ0n) is 15.6. The largest absolute Gasteiger partial charge is 0.390 e. The summed E-state index contributed by atoms with van der Waals surface area (Å²) in [6.45, 7) is 6.80. The SMILES string of the molecule is CC[C@@]1(O)C(O)C[C@H]2[C@@H]3CCC4CCCC[C@]4(C)C34OC4C[C@@]21C. The third-order valence-corrected chi connectivity index (χ3v) is 9.90. The molecule has 4 aliphatic carbocycles. The molecule has 1 heterocycles. The third kappa shape index (κ3) is 1.49. The molecule has 4 unspecified atom stereocenters. The first-order valence-electron chi connectivity index (χ1n) is 10.4. The Morgan fingerprint density at radius 3 is 2.58 bits per heavy atom. The third-order valence-electron chi connectivity index (χ3n) is 9.90. The van der Waals surface area contributed by atoms with Gasteiger partial charge in [0.1, 0.15) is 5.60 Å². The van der Waals surface area contributed by atoms with E-state index < -0.39 is 11.7 Å². The summed E-state index contributed by atoms with van der Waals surface area (Å²) in [6.07, 6.45) is 10.1. The van der Waals surface area contributed by atoms with E-state index in [0.29, 0.717) is 29.8 Å². The lowest BCUT2D eigenvalue weighted by Gasteiger charge is -2.59. The normalized spacial score (nSPS) is 64.6. The van der Waals surface area contributed by atoms with Gasteiger partial charge in [0.25, 0.3) is 0 Å². The van der Waals surface area contributed by atoms with E-state index in [-0.39, 0.29) is 11.0 Å². The average Bonchev–Trinajstić information content (AvgIpc) is 3.24. The molecule has 1 aliphatic heterocycles. The molecule has 0 bridgehead atoms. The standard InChI is InChI=1S/C21H34O3/c1-4-20(23)16(22)11-15-14-9-8-13-7-5-6-10-18(13,2)21(14)17(24-21)12-19(15,20)3/h13-17,22-23H,4-12H2,1-3H3/t13?,14-,15-,16?,17?,18-,19-,20+,21?/m0/s1. The van der Waals surface area contributed by atoms with Crippen LogP contribution < -0.4 is 0 Å². The van der Waals surface area contributed by atoms with Crippen LogP contribution in [0.1, 0.15) is 78.6 Å². The summed E-state index contributed by atoms with van der Waals surface area (Å²) in [5, 5.41) is 22.1. The van der Waals surface area contributed by atoms with Crippen LogP contribution in [-0.2, 0) is 4.74 Å². The quantitative estimate of drug-likeness (QED) is 0.720. The van der Waals surface area contributed by atoms with Gasteiger partial charge in [-0.15, -0.1) is 0 Å². The van der Waals surface area contributed by atoms with Gasteiger partial charge >= 0.3 is 0 Å². The molecule has 9 atom stereocenters. The molecular weight excluding hydrogens is 300 g/mol. The van der Waals surface area contributed by atoms with E-state index in [9.17, 15) is 10.2 Å². The number of hydrogen-bond acceptors (Lipinski definition) is 3. The molecule has 5 rings (SSSR count). The first-order chi connectivity index (χ1) is 11.3. The molecule has 3 nitrogen and oxygen atoms in total. The Hall–Kier alpha value is -0.120. The van der Waals surface area contributed by atoms with Crippen molar-refractivity contribution in [2.24, 2.45) is 28.6 Å². The highest BCUT2D eigenvalue weighted by atomic mass is 16.6. The monoisotopic (exact) mass is 334 g/mol. The molecule has 0 aromatic heterocycles. The van der Waals surface area contributed by atoms with Crippen molar-refractivity contribution in [2.75, 3.05) is 0 Å². The molecule has 0 amide bonds. The second-order valence-corrected chi connectivity index (χ2v) is 10.2. The van der Waals surface area contributed by atoms with Gasteiger partial charge in [-0.3, -0.25) is 0 Å². The molecule has 0 aromatic rings. The van der Waals surface area contributed by atoms with E-state index in [4.69, 9.17) is 4.74 Å². The van der Waals surface area contributed by atoms with Crippen LogP contribution in [-0.4, -0.2) is 33.6 Å². The smallest absolute Gasteiger partial charge is 0.103 e. The van der Waals surface area contributed by atoms with Crippen molar-refractivity contribution in [1.82, 2.24) is 0 Å². The van der Waals surface area contributed by atoms with E-state index in [1.54, 1.807) is 0 Å². The zero-order chi connectivity index (χ0) is 17.0. The van der Waals surface area contributed by atoms with Crippen molar-refractivity contribution in [3.63, 3.8) is 0 Å².